The first-order valence-corrected chi connectivity index (χ1v) is 6.83. The van der Waals surface area contributed by atoms with Gasteiger partial charge in [0.2, 0.25) is 0 Å². The van der Waals surface area contributed by atoms with Crippen molar-refractivity contribution < 1.29 is 18.7 Å². The Kier molecular flexibility index (Phi) is 5.12. The average Bonchev–Trinajstić information content (AvgIpc) is 2.49. The van der Waals surface area contributed by atoms with E-state index >= 15 is 0 Å². The van der Waals surface area contributed by atoms with Gasteiger partial charge in [-0.1, -0.05) is 29.8 Å². The molecule has 2 rings (SSSR count). The molecule has 0 aliphatic heterocycles. The van der Waals surface area contributed by atoms with Crippen molar-refractivity contribution in [3.05, 3.63) is 64.4 Å². The molecule has 0 unspecified atom stereocenters. The summed E-state index contributed by atoms with van der Waals surface area (Å²) in [4.78, 5) is 23.5. The molecule has 0 radical (unpaired) electrons. The molecule has 0 saturated carbocycles. The highest BCUT2D eigenvalue weighted by molar-refractivity contribution is 6.33. The number of benzene rings is 2. The fourth-order valence-corrected chi connectivity index (χ4v) is 1.96. The third-order valence-corrected chi connectivity index (χ3v) is 3.23. The largest absolute Gasteiger partial charge is 0.452 e. The van der Waals surface area contributed by atoms with Gasteiger partial charge in [-0.05, 0) is 36.8 Å². The lowest BCUT2D eigenvalue weighted by atomic mass is 10.2. The molecule has 1 N–H and O–H groups in total. The van der Waals surface area contributed by atoms with Crippen LogP contribution in [0.5, 0.6) is 0 Å². The van der Waals surface area contributed by atoms with E-state index < -0.39 is 24.3 Å². The summed E-state index contributed by atoms with van der Waals surface area (Å²) < 4.78 is 18.0. The minimum atomic E-state index is -0.697. The summed E-state index contributed by atoms with van der Waals surface area (Å²) in [6.45, 7) is 1.24. The first-order valence-electron chi connectivity index (χ1n) is 6.45. The maximum atomic E-state index is 13.1. The van der Waals surface area contributed by atoms with Gasteiger partial charge in [0, 0.05) is 5.69 Å². The number of halogens is 2. The molecule has 0 aromatic heterocycles. The van der Waals surface area contributed by atoms with Crippen molar-refractivity contribution in [2.24, 2.45) is 0 Å². The Morgan fingerprint density at radius 1 is 1.23 bits per heavy atom. The number of anilines is 1. The van der Waals surface area contributed by atoms with Gasteiger partial charge in [-0.3, -0.25) is 4.79 Å². The highest BCUT2D eigenvalue weighted by Gasteiger charge is 2.13. The van der Waals surface area contributed by atoms with Crippen LogP contribution in [0.1, 0.15) is 15.9 Å². The van der Waals surface area contributed by atoms with Gasteiger partial charge in [-0.15, -0.1) is 0 Å². The lowest BCUT2D eigenvalue weighted by Gasteiger charge is -2.09. The van der Waals surface area contributed by atoms with E-state index in [0.29, 0.717) is 11.3 Å². The second kappa shape index (κ2) is 7.04. The second-order valence-electron chi connectivity index (χ2n) is 4.56. The SMILES string of the molecule is Cc1ccc(F)cc1NC(=O)COC(=O)c1ccccc1Cl. The molecule has 0 aliphatic carbocycles. The van der Waals surface area contributed by atoms with Crippen molar-refractivity contribution in [2.45, 2.75) is 6.92 Å². The molecule has 0 spiro atoms. The lowest BCUT2D eigenvalue weighted by Crippen LogP contribution is -2.21. The van der Waals surface area contributed by atoms with Gasteiger partial charge >= 0.3 is 5.97 Å². The van der Waals surface area contributed by atoms with Crippen LogP contribution in [0.2, 0.25) is 5.02 Å². The highest BCUT2D eigenvalue weighted by atomic mass is 35.5. The molecule has 0 aliphatic rings. The van der Waals surface area contributed by atoms with Crippen LogP contribution in [0, 0.1) is 12.7 Å². The number of hydrogen-bond acceptors (Lipinski definition) is 3. The minimum absolute atomic E-state index is 0.180. The number of rotatable bonds is 4. The van der Waals surface area contributed by atoms with Gasteiger partial charge < -0.3 is 10.1 Å². The second-order valence-corrected chi connectivity index (χ2v) is 4.97. The smallest absolute Gasteiger partial charge is 0.340 e. The highest BCUT2D eigenvalue weighted by Crippen LogP contribution is 2.17. The molecule has 6 heteroatoms. The zero-order valence-electron chi connectivity index (χ0n) is 11.7. The number of carbonyl (C=O) groups excluding carboxylic acids is 2. The van der Waals surface area contributed by atoms with E-state index in [4.69, 9.17) is 16.3 Å². The first-order chi connectivity index (χ1) is 10.5. The topological polar surface area (TPSA) is 55.4 Å². The fourth-order valence-electron chi connectivity index (χ4n) is 1.75. The predicted molar refractivity (Wildman–Crippen MR) is 81.5 cm³/mol. The molecule has 0 heterocycles. The van der Waals surface area contributed by atoms with Crippen molar-refractivity contribution in [1.82, 2.24) is 0 Å². The van der Waals surface area contributed by atoms with E-state index in [1.165, 1.54) is 18.2 Å². The molecule has 1 amide bonds. The molecule has 2 aromatic carbocycles. The van der Waals surface area contributed by atoms with Gasteiger partial charge in [0.15, 0.2) is 6.61 Å². The molecule has 4 nitrogen and oxygen atoms in total. The molecule has 2 aromatic rings. The first kappa shape index (κ1) is 16.0. The number of amides is 1. The number of esters is 1. The molecule has 0 bridgehead atoms. The monoisotopic (exact) mass is 321 g/mol. The zero-order valence-corrected chi connectivity index (χ0v) is 12.5. The molecule has 0 fully saturated rings. The Bertz CT molecular complexity index is 718. The predicted octanol–water partition coefficient (Wildman–Crippen LogP) is 3.58. The van der Waals surface area contributed by atoms with Gasteiger partial charge in [0.05, 0.1) is 10.6 Å². The molecular weight excluding hydrogens is 309 g/mol. The quantitative estimate of drug-likeness (QED) is 0.876. The van der Waals surface area contributed by atoms with Crippen LogP contribution in [0.3, 0.4) is 0 Å². The molecule has 114 valence electrons. The number of aryl methyl sites for hydroxylation is 1. The summed E-state index contributed by atoms with van der Waals surface area (Å²) in [5, 5.41) is 2.73. The van der Waals surface area contributed by atoms with E-state index in [1.54, 1.807) is 31.2 Å². The number of carbonyl (C=O) groups is 2. The van der Waals surface area contributed by atoms with E-state index in [0.717, 1.165) is 0 Å². The summed E-state index contributed by atoms with van der Waals surface area (Å²) in [6, 6.07) is 10.4. The number of ether oxygens (including phenoxy) is 1. The lowest BCUT2D eigenvalue weighted by molar-refractivity contribution is -0.119. The molecule has 0 atom stereocenters. The Morgan fingerprint density at radius 2 is 1.95 bits per heavy atom. The Labute approximate surface area is 131 Å². The van der Waals surface area contributed by atoms with Gasteiger partial charge in [-0.2, -0.15) is 0 Å². The third kappa shape index (κ3) is 4.05. The van der Waals surface area contributed by atoms with Crippen LogP contribution < -0.4 is 5.32 Å². The van der Waals surface area contributed by atoms with Crippen molar-refractivity contribution in [3.63, 3.8) is 0 Å². The van der Waals surface area contributed by atoms with E-state index in [1.807, 2.05) is 0 Å². The Balaban J connectivity index is 1.94. The summed E-state index contributed by atoms with van der Waals surface area (Å²) >= 11 is 5.86. The van der Waals surface area contributed by atoms with Crippen LogP contribution in [0.25, 0.3) is 0 Å². The summed E-state index contributed by atoms with van der Waals surface area (Å²) in [6.07, 6.45) is 0. The third-order valence-electron chi connectivity index (χ3n) is 2.90. The van der Waals surface area contributed by atoms with Crippen LogP contribution >= 0.6 is 11.6 Å². The van der Waals surface area contributed by atoms with Crippen LogP contribution in [0.4, 0.5) is 10.1 Å². The van der Waals surface area contributed by atoms with Gasteiger partial charge in [0.1, 0.15) is 5.82 Å². The standard InChI is InChI=1S/C16H13ClFNO3/c1-10-6-7-11(18)8-14(10)19-15(20)9-22-16(21)12-4-2-3-5-13(12)17/h2-8H,9H2,1H3,(H,19,20). The summed E-state index contributed by atoms with van der Waals surface area (Å²) in [5.41, 5.74) is 1.21. The average molecular weight is 322 g/mol. The zero-order chi connectivity index (χ0) is 16.1. The van der Waals surface area contributed by atoms with E-state index in [9.17, 15) is 14.0 Å². The Hall–Kier alpha value is -2.40. The van der Waals surface area contributed by atoms with Gasteiger partial charge in [0.25, 0.3) is 5.91 Å². The van der Waals surface area contributed by atoms with Crippen molar-refractivity contribution >= 4 is 29.2 Å². The van der Waals surface area contributed by atoms with Crippen LogP contribution in [-0.4, -0.2) is 18.5 Å². The van der Waals surface area contributed by atoms with E-state index in [-0.39, 0.29) is 10.6 Å². The fraction of sp³-hybridized carbons (Fsp3) is 0.125. The van der Waals surface area contributed by atoms with Crippen molar-refractivity contribution in [2.75, 3.05) is 11.9 Å². The normalized spacial score (nSPS) is 10.1. The Morgan fingerprint density at radius 3 is 2.68 bits per heavy atom. The maximum absolute atomic E-state index is 13.1. The molecular formula is C16H13ClFNO3. The number of nitrogens with one attached hydrogen (secondary N) is 1. The van der Waals surface area contributed by atoms with Crippen LogP contribution in [0.15, 0.2) is 42.5 Å². The summed E-state index contributed by atoms with van der Waals surface area (Å²) in [7, 11) is 0. The van der Waals surface area contributed by atoms with Crippen molar-refractivity contribution in [3.8, 4) is 0 Å². The number of hydrogen-bond donors (Lipinski definition) is 1. The minimum Gasteiger partial charge on any atom is -0.452 e. The molecule has 0 saturated heterocycles. The summed E-state index contributed by atoms with van der Waals surface area (Å²) in [5.74, 6) is -1.72. The van der Waals surface area contributed by atoms with Gasteiger partial charge in [-0.25, -0.2) is 9.18 Å². The molecule has 22 heavy (non-hydrogen) atoms. The van der Waals surface area contributed by atoms with E-state index in [2.05, 4.69) is 5.32 Å². The van der Waals surface area contributed by atoms with Crippen molar-refractivity contribution in [1.29, 1.82) is 0 Å². The van der Waals surface area contributed by atoms with Crippen LogP contribution in [-0.2, 0) is 9.53 Å². The maximum Gasteiger partial charge on any atom is 0.340 e.